The Morgan fingerprint density at radius 1 is 1.10 bits per heavy atom. The molecule has 2 aliphatic rings. The number of fused-ring (bicyclic) bond motifs is 2. The van der Waals surface area contributed by atoms with Crippen molar-refractivity contribution in [3.63, 3.8) is 0 Å². The van der Waals surface area contributed by atoms with Crippen LogP contribution in [-0.2, 0) is 22.7 Å². The van der Waals surface area contributed by atoms with Gasteiger partial charge in [-0.2, -0.15) is 0 Å². The van der Waals surface area contributed by atoms with E-state index < -0.39 is 6.04 Å². The Morgan fingerprint density at radius 2 is 2.00 bits per heavy atom. The summed E-state index contributed by atoms with van der Waals surface area (Å²) in [4.78, 5) is 38.4. The molecule has 3 aromatic rings. The molecule has 146 valence electrons. The fourth-order valence-electron chi connectivity index (χ4n) is 4.17. The molecule has 1 saturated carbocycles. The quantitative estimate of drug-likeness (QED) is 0.613. The first-order valence-corrected chi connectivity index (χ1v) is 10.5. The molecule has 1 unspecified atom stereocenters. The highest BCUT2D eigenvalue weighted by Crippen LogP contribution is 2.34. The van der Waals surface area contributed by atoms with E-state index in [1.807, 2.05) is 12.1 Å². The van der Waals surface area contributed by atoms with Crippen LogP contribution in [0.3, 0.4) is 0 Å². The lowest BCUT2D eigenvalue weighted by molar-refractivity contribution is -0.133. The fraction of sp³-hybridized carbons (Fsp3) is 0.261. The predicted molar refractivity (Wildman–Crippen MR) is 110 cm³/mol. The summed E-state index contributed by atoms with van der Waals surface area (Å²) in [5.74, 6) is 0.317. The molecule has 0 radical (unpaired) electrons. The summed E-state index contributed by atoms with van der Waals surface area (Å²) in [6.07, 6.45) is 0.693. The third kappa shape index (κ3) is 3.23. The number of hydrogen-bond acceptors (Lipinski definition) is 5. The zero-order chi connectivity index (χ0) is 20.0. The second-order valence-electron chi connectivity index (χ2n) is 7.53. The van der Waals surface area contributed by atoms with E-state index in [1.165, 1.54) is 10.1 Å². The molecule has 1 aliphatic carbocycles. The van der Waals surface area contributed by atoms with E-state index in [0.717, 1.165) is 11.1 Å². The van der Waals surface area contributed by atoms with Crippen LogP contribution in [0.15, 0.2) is 47.8 Å². The Labute approximate surface area is 171 Å². The van der Waals surface area contributed by atoms with Gasteiger partial charge in [0, 0.05) is 22.2 Å². The molecule has 5 rings (SSSR count). The van der Waals surface area contributed by atoms with Crippen molar-refractivity contribution < 1.29 is 19.1 Å². The van der Waals surface area contributed by atoms with Gasteiger partial charge in [0.1, 0.15) is 18.1 Å². The molecule has 5 nitrogen and oxygen atoms in total. The third-order valence-electron chi connectivity index (χ3n) is 5.68. The highest BCUT2D eigenvalue weighted by Gasteiger charge is 2.39. The van der Waals surface area contributed by atoms with E-state index in [0.29, 0.717) is 37.3 Å². The first kappa shape index (κ1) is 18.1. The predicted octanol–water partition coefficient (Wildman–Crippen LogP) is 4.13. The molecule has 1 atom stereocenters. The minimum absolute atomic E-state index is 0.0398. The van der Waals surface area contributed by atoms with E-state index in [4.69, 9.17) is 4.74 Å². The van der Waals surface area contributed by atoms with Crippen LogP contribution in [0.25, 0.3) is 10.1 Å². The van der Waals surface area contributed by atoms with Crippen molar-refractivity contribution in [2.45, 2.75) is 38.5 Å². The van der Waals surface area contributed by atoms with Crippen molar-refractivity contribution in [2.24, 2.45) is 0 Å². The van der Waals surface area contributed by atoms with Gasteiger partial charge in [0.2, 0.25) is 0 Å². The van der Waals surface area contributed by atoms with Crippen molar-refractivity contribution in [1.82, 2.24) is 4.90 Å². The van der Waals surface area contributed by atoms with E-state index in [9.17, 15) is 14.4 Å². The zero-order valence-corrected chi connectivity index (χ0v) is 16.5. The van der Waals surface area contributed by atoms with Crippen molar-refractivity contribution >= 4 is 38.9 Å². The highest BCUT2D eigenvalue weighted by molar-refractivity contribution is 7.17. The number of rotatable bonds is 4. The maximum absolute atomic E-state index is 12.9. The molecular formula is C23H19NO4S. The first-order valence-electron chi connectivity index (χ1n) is 9.66. The van der Waals surface area contributed by atoms with Gasteiger partial charge in [-0.1, -0.05) is 12.1 Å². The minimum atomic E-state index is -0.513. The zero-order valence-electron chi connectivity index (χ0n) is 15.7. The summed E-state index contributed by atoms with van der Waals surface area (Å²) >= 11 is 1.71. The van der Waals surface area contributed by atoms with Gasteiger partial charge in [-0.25, -0.2) is 0 Å². The van der Waals surface area contributed by atoms with Gasteiger partial charge in [0.25, 0.3) is 5.91 Å². The summed E-state index contributed by atoms with van der Waals surface area (Å²) in [7, 11) is 0. The third-order valence-corrected chi connectivity index (χ3v) is 6.58. The monoisotopic (exact) mass is 405 g/mol. The number of carbonyl (C=O) groups is 3. The van der Waals surface area contributed by atoms with Crippen molar-refractivity contribution in [2.75, 3.05) is 0 Å². The van der Waals surface area contributed by atoms with Crippen molar-refractivity contribution in [1.29, 1.82) is 0 Å². The van der Waals surface area contributed by atoms with E-state index in [2.05, 4.69) is 29.6 Å². The van der Waals surface area contributed by atoms with Crippen molar-refractivity contribution in [3.8, 4) is 5.75 Å². The van der Waals surface area contributed by atoms with Crippen LogP contribution < -0.4 is 4.74 Å². The Morgan fingerprint density at radius 3 is 2.86 bits per heavy atom. The molecule has 1 aromatic heterocycles. The Kier molecular flexibility index (Phi) is 4.43. The Balaban J connectivity index is 1.36. The molecule has 1 aliphatic heterocycles. The number of carbonyl (C=O) groups excluding carboxylic acids is 3. The number of ether oxygens (including phenoxy) is 1. The second-order valence-corrected chi connectivity index (χ2v) is 8.48. The molecule has 1 amide bonds. The fourth-order valence-corrected chi connectivity index (χ4v) is 4.94. The summed E-state index contributed by atoms with van der Waals surface area (Å²) in [6.45, 7) is 0.756. The molecule has 29 heavy (non-hydrogen) atoms. The maximum atomic E-state index is 12.9. The molecule has 2 aromatic carbocycles. The normalized spacial score (nSPS) is 19.1. The van der Waals surface area contributed by atoms with E-state index >= 15 is 0 Å². The molecule has 0 N–H and O–H groups in total. The van der Waals surface area contributed by atoms with Crippen LogP contribution in [0.4, 0.5) is 0 Å². The molecule has 1 fully saturated rings. The topological polar surface area (TPSA) is 63.7 Å². The van der Waals surface area contributed by atoms with Crippen LogP contribution in [-0.4, -0.2) is 28.4 Å². The van der Waals surface area contributed by atoms with Gasteiger partial charge >= 0.3 is 0 Å². The average Bonchev–Trinajstić information content (AvgIpc) is 3.31. The molecular weight excluding hydrogens is 386 g/mol. The van der Waals surface area contributed by atoms with Crippen LogP contribution >= 0.6 is 11.3 Å². The molecule has 6 heteroatoms. The van der Waals surface area contributed by atoms with Crippen LogP contribution in [0.2, 0.25) is 0 Å². The lowest BCUT2D eigenvalue weighted by Crippen LogP contribution is -2.44. The summed E-state index contributed by atoms with van der Waals surface area (Å²) in [5.41, 5.74) is 2.47. The first-order chi connectivity index (χ1) is 14.1. The molecule has 0 saturated heterocycles. The van der Waals surface area contributed by atoms with Gasteiger partial charge in [0.05, 0.1) is 19.0 Å². The second kappa shape index (κ2) is 7.12. The van der Waals surface area contributed by atoms with Crippen LogP contribution in [0, 0.1) is 0 Å². The number of thiophene rings is 1. The summed E-state index contributed by atoms with van der Waals surface area (Å²) in [5, 5.41) is 3.26. The Hall–Kier alpha value is -2.99. The maximum Gasteiger partial charge on any atom is 0.255 e. The lowest BCUT2D eigenvalue weighted by atomic mass is 9.92. The number of amides is 1. The molecule has 0 bridgehead atoms. The van der Waals surface area contributed by atoms with Gasteiger partial charge in [-0.05, 0) is 53.1 Å². The average molecular weight is 405 g/mol. The van der Waals surface area contributed by atoms with Gasteiger partial charge in [-0.15, -0.1) is 11.3 Å². The van der Waals surface area contributed by atoms with Crippen molar-refractivity contribution in [3.05, 3.63) is 64.5 Å². The number of benzene rings is 2. The number of Topliss-reactive ketones (excluding diaryl/α,β-unsaturated/α-hetero) is 2. The smallest absolute Gasteiger partial charge is 0.255 e. The standard InChI is InChI=1S/C23H19NO4S/c25-16-5-6-19(20(26)11-16)24-12-18-17(23(24)27)2-1-3-21(18)28-13-14-4-7-22-15(10-14)8-9-29-22/h1-4,7-10,19H,5-6,11-13H2. The van der Waals surface area contributed by atoms with Crippen LogP contribution in [0.5, 0.6) is 5.75 Å². The van der Waals surface area contributed by atoms with E-state index in [1.54, 1.807) is 22.3 Å². The van der Waals surface area contributed by atoms with Gasteiger partial charge in [0.15, 0.2) is 5.78 Å². The SMILES string of the molecule is O=C1CCC(N2Cc3c(OCc4ccc5sccc5c4)cccc3C2=O)C(=O)C1. The Bertz CT molecular complexity index is 1150. The van der Waals surface area contributed by atoms with Gasteiger partial charge < -0.3 is 9.64 Å². The highest BCUT2D eigenvalue weighted by atomic mass is 32.1. The lowest BCUT2D eigenvalue weighted by Gasteiger charge is -2.29. The molecule has 0 spiro atoms. The summed E-state index contributed by atoms with van der Waals surface area (Å²) in [6, 6.07) is 13.3. The summed E-state index contributed by atoms with van der Waals surface area (Å²) < 4.78 is 7.32. The molecule has 2 heterocycles. The van der Waals surface area contributed by atoms with Gasteiger partial charge in [-0.3, -0.25) is 14.4 Å². The van der Waals surface area contributed by atoms with E-state index in [-0.39, 0.29) is 23.9 Å². The number of nitrogens with zero attached hydrogens (tertiary/aromatic N) is 1. The minimum Gasteiger partial charge on any atom is -0.489 e. The number of ketones is 2. The largest absolute Gasteiger partial charge is 0.489 e. The van der Waals surface area contributed by atoms with Crippen LogP contribution in [0.1, 0.15) is 40.7 Å². The number of hydrogen-bond donors (Lipinski definition) is 0.